The quantitative estimate of drug-likeness (QED) is 0.0211. The van der Waals surface area contributed by atoms with E-state index in [4.69, 9.17) is 18.9 Å². The second kappa shape index (κ2) is 74.3. The lowest BCUT2D eigenvalue weighted by Gasteiger charge is -2.25. The number of quaternary nitrogens is 1. The van der Waals surface area contributed by atoms with Gasteiger partial charge in [0.05, 0.1) is 34.4 Å². The zero-order valence-electron chi connectivity index (χ0n) is 61.9. The predicted molar refractivity (Wildman–Crippen MR) is 401 cm³/mol. The first-order chi connectivity index (χ1) is 45.6. The van der Waals surface area contributed by atoms with Crippen molar-refractivity contribution in [3.63, 3.8) is 0 Å². The van der Waals surface area contributed by atoms with Gasteiger partial charge in [0.25, 0.3) is 6.29 Å². The normalized spacial score (nSPS) is 13.1. The molecule has 2 unspecified atom stereocenters. The minimum absolute atomic E-state index is 0.178. The van der Waals surface area contributed by atoms with Gasteiger partial charge in [-0.15, -0.1) is 0 Å². The molecular formula is C84H152NO8+. The van der Waals surface area contributed by atoms with Gasteiger partial charge in [-0.2, -0.15) is 0 Å². The van der Waals surface area contributed by atoms with Crippen LogP contribution in [0.5, 0.6) is 0 Å². The van der Waals surface area contributed by atoms with Crippen molar-refractivity contribution in [2.75, 3.05) is 47.5 Å². The highest BCUT2D eigenvalue weighted by Gasteiger charge is 2.25. The number of hydrogen-bond acceptors (Lipinski definition) is 7. The highest BCUT2D eigenvalue weighted by atomic mass is 16.7. The summed E-state index contributed by atoms with van der Waals surface area (Å²) in [6, 6.07) is 0. The summed E-state index contributed by atoms with van der Waals surface area (Å²) in [6.07, 6.45) is 98.8. The number of unbranched alkanes of at least 4 members (excludes halogenated alkanes) is 45. The Morgan fingerprint density at radius 1 is 0.333 bits per heavy atom. The zero-order chi connectivity index (χ0) is 67.5. The van der Waals surface area contributed by atoms with Gasteiger partial charge in [-0.05, 0) is 89.9 Å². The Kier molecular flexibility index (Phi) is 71.4. The lowest BCUT2D eigenvalue weighted by Crippen LogP contribution is -2.40. The fraction of sp³-hybridized carbons (Fsp3) is 0.798. The topological polar surface area (TPSA) is 108 Å². The molecule has 1 N–H and O–H groups in total. The molecule has 0 bridgehead atoms. The average molecular weight is 1300 g/mol. The number of hydrogen-bond donors (Lipinski definition) is 1. The van der Waals surface area contributed by atoms with Crippen molar-refractivity contribution in [3.05, 3.63) is 85.1 Å². The molecule has 0 radical (unpaired) electrons. The SMILES string of the molecule is CC/C=C\C/C=C\C/C=C\C/C=C\C/C=C\C/C=C\CCCCCCCCCCCCCCCCCCCCCCCCC(=O)OC(COC(=O)CCCCCCCCCCCCCCCCC/C=C\CCCCCCCCCC)COC(OCC[N+](C)(C)C)C(=O)O. The maximum Gasteiger partial charge on any atom is 0.361 e. The Labute approximate surface area is 576 Å². The van der Waals surface area contributed by atoms with E-state index < -0.39 is 18.4 Å². The summed E-state index contributed by atoms with van der Waals surface area (Å²) < 4.78 is 23.1. The second-order valence-corrected chi connectivity index (χ2v) is 28.0. The largest absolute Gasteiger partial charge is 0.477 e. The number of nitrogens with zero attached hydrogens (tertiary/aromatic N) is 1. The van der Waals surface area contributed by atoms with Crippen LogP contribution in [0, 0.1) is 0 Å². The van der Waals surface area contributed by atoms with Crippen LogP contribution in [0.15, 0.2) is 85.1 Å². The summed E-state index contributed by atoms with van der Waals surface area (Å²) in [5.41, 5.74) is 0. The highest BCUT2D eigenvalue weighted by molar-refractivity contribution is 5.71. The molecule has 0 aromatic rings. The van der Waals surface area contributed by atoms with E-state index in [1.165, 1.54) is 270 Å². The molecule has 0 aliphatic rings. The molecule has 93 heavy (non-hydrogen) atoms. The number of carbonyl (C=O) groups excluding carboxylic acids is 2. The lowest BCUT2D eigenvalue weighted by molar-refractivity contribution is -0.870. The number of esters is 2. The molecule has 9 heteroatoms. The van der Waals surface area contributed by atoms with E-state index in [-0.39, 0.29) is 38.2 Å². The van der Waals surface area contributed by atoms with Gasteiger partial charge >= 0.3 is 17.9 Å². The first kappa shape index (κ1) is 89.5. The lowest BCUT2D eigenvalue weighted by atomic mass is 10.0. The van der Waals surface area contributed by atoms with Crippen molar-refractivity contribution in [2.24, 2.45) is 0 Å². The number of rotatable bonds is 74. The van der Waals surface area contributed by atoms with Crippen molar-refractivity contribution in [1.82, 2.24) is 0 Å². The van der Waals surface area contributed by atoms with Gasteiger partial charge in [0.2, 0.25) is 0 Å². The Morgan fingerprint density at radius 3 is 0.925 bits per heavy atom. The van der Waals surface area contributed by atoms with Crippen molar-refractivity contribution >= 4 is 17.9 Å². The molecule has 2 atom stereocenters. The Morgan fingerprint density at radius 2 is 0.613 bits per heavy atom. The first-order valence-electron chi connectivity index (χ1n) is 39.8. The van der Waals surface area contributed by atoms with Crippen molar-refractivity contribution < 1.29 is 42.9 Å². The Bertz CT molecular complexity index is 1810. The van der Waals surface area contributed by atoms with E-state index in [9.17, 15) is 19.5 Å². The fourth-order valence-corrected chi connectivity index (χ4v) is 11.6. The van der Waals surface area contributed by atoms with Crippen LogP contribution in [0.1, 0.15) is 373 Å². The van der Waals surface area contributed by atoms with Gasteiger partial charge in [0, 0.05) is 12.8 Å². The summed E-state index contributed by atoms with van der Waals surface area (Å²) in [6.45, 7) is 4.82. The summed E-state index contributed by atoms with van der Waals surface area (Å²) >= 11 is 0. The Hall–Kier alpha value is -3.53. The van der Waals surface area contributed by atoms with Gasteiger partial charge in [-0.25, -0.2) is 4.79 Å². The molecule has 9 nitrogen and oxygen atoms in total. The minimum Gasteiger partial charge on any atom is -0.477 e. The van der Waals surface area contributed by atoms with Crippen LogP contribution in [-0.4, -0.2) is 87.4 Å². The van der Waals surface area contributed by atoms with Crippen LogP contribution in [0.4, 0.5) is 0 Å². The third kappa shape index (κ3) is 75.7. The van der Waals surface area contributed by atoms with Gasteiger partial charge in [-0.3, -0.25) is 9.59 Å². The van der Waals surface area contributed by atoms with Gasteiger partial charge in [-0.1, -0.05) is 356 Å². The van der Waals surface area contributed by atoms with Gasteiger partial charge in [0.1, 0.15) is 13.2 Å². The van der Waals surface area contributed by atoms with Crippen molar-refractivity contribution in [3.8, 4) is 0 Å². The molecule has 0 aliphatic carbocycles. The zero-order valence-corrected chi connectivity index (χ0v) is 61.9. The smallest absolute Gasteiger partial charge is 0.361 e. The van der Waals surface area contributed by atoms with Gasteiger partial charge in [0.15, 0.2) is 6.10 Å². The molecule has 0 fully saturated rings. The number of carboxylic acid groups (broad SMARTS) is 1. The first-order valence-corrected chi connectivity index (χ1v) is 39.8. The number of allylic oxidation sites excluding steroid dienone is 14. The van der Waals surface area contributed by atoms with E-state index in [2.05, 4.69) is 98.9 Å². The monoisotopic (exact) mass is 1300 g/mol. The van der Waals surface area contributed by atoms with E-state index in [1.54, 1.807) is 0 Å². The number of likely N-dealkylation sites (N-methyl/N-ethyl adjacent to an activating group) is 1. The summed E-state index contributed by atoms with van der Waals surface area (Å²) in [5, 5.41) is 9.77. The molecule has 0 aliphatic heterocycles. The molecule has 0 saturated heterocycles. The average Bonchev–Trinajstić information content (AvgIpc) is 3.38. The summed E-state index contributed by atoms with van der Waals surface area (Å²) in [4.78, 5) is 37.7. The van der Waals surface area contributed by atoms with Gasteiger partial charge < -0.3 is 28.5 Å². The molecule has 0 aromatic carbocycles. The molecule has 540 valence electrons. The molecule has 0 aromatic heterocycles. The van der Waals surface area contributed by atoms with Crippen molar-refractivity contribution in [1.29, 1.82) is 0 Å². The second-order valence-electron chi connectivity index (χ2n) is 28.0. The third-order valence-corrected chi connectivity index (χ3v) is 17.6. The van der Waals surface area contributed by atoms with Crippen LogP contribution >= 0.6 is 0 Å². The van der Waals surface area contributed by atoms with E-state index in [0.717, 1.165) is 77.0 Å². The maximum absolute atomic E-state index is 13.0. The molecule has 0 amide bonds. The van der Waals surface area contributed by atoms with Crippen LogP contribution in [0.25, 0.3) is 0 Å². The fourth-order valence-electron chi connectivity index (χ4n) is 11.6. The van der Waals surface area contributed by atoms with Crippen LogP contribution in [0.3, 0.4) is 0 Å². The molecule has 0 heterocycles. The molecular weight excluding hydrogens is 1150 g/mol. The minimum atomic E-state index is -1.51. The predicted octanol–water partition coefficient (Wildman–Crippen LogP) is 25.4. The maximum atomic E-state index is 13.0. The molecule has 0 saturated carbocycles. The van der Waals surface area contributed by atoms with E-state index in [1.807, 2.05) is 21.1 Å². The molecule has 0 rings (SSSR count). The number of carboxylic acids is 1. The van der Waals surface area contributed by atoms with Crippen LogP contribution < -0.4 is 0 Å². The number of ether oxygens (including phenoxy) is 4. The summed E-state index contributed by atoms with van der Waals surface area (Å²) in [5.74, 6) is -1.98. The van der Waals surface area contributed by atoms with E-state index >= 15 is 0 Å². The van der Waals surface area contributed by atoms with E-state index in [0.29, 0.717) is 17.4 Å². The third-order valence-electron chi connectivity index (χ3n) is 17.6. The summed E-state index contributed by atoms with van der Waals surface area (Å²) in [7, 11) is 5.99. The molecule has 0 spiro atoms. The number of aliphatic carboxylic acids is 1. The highest BCUT2D eigenvalue weighted by Crippen LogP contribution is 2.19. The standard InChI is InChI=1S/C84H151NO8/c1-6-8-10-12-14-16-18-20-22-24-26-28-30-32-34-35-36-37-38-39-40-41-42-43-44-45-46-47-49-51-53-55-57-59-61-63-65-67-69-71-73-75-82(87)93-80(79-92-84(83(88)89)90-77-76-85(3,4)5)78-91-81(86)74-72-70-68-66-64-62-60-58-56-54-52-50-48-33-31-29-27-25-23-21-19-17-15-13-11-9-7-2/h8,10,14,16,20,22,25-28,32,34,36-37,80,84H,6-7,9,11-13,15,17-19,21,23-24,29-31,33,35,38-79H2,1-5H3/p+1/b10-8-,16-14-,22-20-,27-25-,28-26-,34-32-,37-36-. The van der Waals surface area contributed by atoms with Crippen LogP contribution in [0.2, 0.25) is 0 Å². The van der Waals surface area contributed by atoms with Crippen molar-refractivity contribution in [2.45, 2.75) is 386 Å². The number of carbonyl (C=O) groups is 3. The Balaban J connectivity index is 3.98. The van der Waals surface area contributed by atoms with Crippen LogP contribution in [-0.2, 0) is 33.3 Å².